The lowest BCUT2D eigenvalue weighted by Gasteiger charge is -2.27. The van der Waals surface area contributed by atoms with Gasteiger partial charge in [-0.2, -0.15) is 0 Å². The van der Waals surface area contributed by atoms with E-state index < -0.39 is 11.5 Å². The van der Waals surface area contributed by atoms with Crippen LogP contribution >= 0.6 is 0 Å². The molecule has 3 heterocycles. The highest BCUT2D eigenvalue weighted by atomic mass is 16.3. The molecule has 1 unspecified atom stereocenters. The Morgan fingerprint density at radius 3 is 2.65 bits per heavy atom. The summed E-state index contributed by atoms with van der Waals surface area (Å²) < 4.78 is 1.74. The van der Waals surface area contributed by atoms with E-state index in [0.29, 0.717) is 42.1 Å². The summed E-state index contributed by atoms with van der Waals surface area (Å²) in [6, 6.07) is 14.9. The second-order valence-corrected chi connectivity index (χ2v) is 13.5. The number of amides is 2. The minimum Gasteiger partial charge on any atom is -0.395 e. The van der Waals surface area contributed by atoms with Crippen molar-refractivity contribution in [3.8, 4) is 0 Å². The highest BCUT2D eigenvalue weighted by Gasteiger charge is 2.52. The zero-order chi connectivity index (χ0) is 35.0. The molecule has 2 aliphatic rings. The normalized spacial score (nSPS) is 20.4. The van der Waals surface area contributed by atoms with E-state index in [-0.39, 0.29) is 30.4 Å². The van der Waals surface area contributed by atoms with Crippen LogP contribution in [0.15, 0.2) is 90.2 Å². The van der Waals surface area contributed by atoms with Gasteiger partial charge in [0, 0.05) is 36.5 Å². The first kappa shape index (κ1) is 35.9. The van der Waals surface area contributed by atoms with Crippen LogP contribution in [0.1, 0.15) is 82.5 Å². The van der Waals surface area contributed by atoms with Crippen LogP contribution in [0.3, 0.4) is 0 Å². The molecule has 3 aromatic rings. The number of nitrogens with zero attached hydrogens (tertiary/aromatic N) is 4. The molecule has 10 nitrogen and oxygen atoms in total. The summed E-state index contributed by atoms with van der Waals surface area (Å²) in [5, 5.41) is 37.0. The standard InChI is InChI=1S/C39H50N6O4/c1-27(2)12-10-13-28(3)20-23-45-36-19-18-31(41-37(47)34-17-11-21-40-34)24-33(36)39(49,38(45)48)29(4)14-8-9-22-44-25-35(42-43-44)32(26-46)30-15-6-5-7-16-30/h5-8,12,14-16,18-20,24-25,29,32,34,40,46,49H,9-11,13,17,21-23,26H2,1-4H3,(H,41,47)/b14-8+,28-20+/t29-,32?,34-,39+/m1/s1. The second kappa shape index (κ2) is 16.3. The molecule has 0 aliphatic carbocycles. The van der Waals surface area contributed by atoms with Crippen LogP contribution in [0.5, 0.6) is 0 Å². The molecule has 4 N–H and O–H groups in total. The quantitative estimate of drug-likeness (QED) is 0.155. The topological polar surface area (TPSA) is 133 Å². The Bertz CT molecular complexity index is 1690. The van der Waals surface area contributed by atoms with Gasteiger partial charge in [-0.25, -0.2) is 0 Å². The maximum absolute atomic E-state index is 14.1. The number of aliphatic hydroxyl groups excluding tert-OH is 1. The van der Waals surface area contributed by atoms with Gasteiger partial charge in [-0.1, -0.05) is 77.9 Å². The van der Waals surface area contributed by atoms with Crippen LogP contribution in [0.2, 0.25) is 0 Å². The van der Waals surface area contributed by atoms with Crippen LogP contribution in [-0.4, -0.2) is 62.8 Å². The fourth-order valence-electron chi connectivity index (χ4n) is 6.57. The van der Waals surface area contributed by atoms with Crippen molar-refractivity contribution in [3.63, 3.8) is 0 Å². The molecule has 0 bridgehead atoms. The fourth-order valence-corrected chi connectivity index (χ4v) is 6.57. The largest absolute Gasteiger partial charge is 0.395 e. The Kier molecular flexibility index (Phi) is 12.0. The van der Waals surface area contributed by atoms with E-state index in [0.717, 1.165) is 37.8 Å². The maximum atomic E-state index is 14.1. The van der Waals surface area contributed by atoms with Gasteiger partial charge in [0.2, 0.25) is 5.91 Å². The molecule has 5 rings (SSSR count). The smallest absolute Gasteiger partial charge is 0.264 e. The summed E-state index contributed by atoms with van der Waals surface area (Å²) in [7, 11) is 0. The first-order valence-electron chi connectivity index (χ1n) is 17.4. The highest BCUT2D eigenvalue weighted by Crippen LogP contribution is 2.46. The number of aromatic nitrogens is 3. The third-order valence-electron chi connectivity index (χ3n) is 9.53. The zero-order valence-corrected chi connectivity index (χ0v) is 29.1. The Hall–Kier alpha value is -4.38. The molecule has 1 aromatic heterocycles. The molecule has 0 saturated carbocycles. The number of fused-ring (bicyclic) bond motifs is 1. The Morgan fingerprint density at radius 1 is 1.14 bits per heavy atom. The lowest BCUT2D eigenvalue weighted by atomic mass is 9.82. The number of carbonyl (C=O) groups excluding carboxylic acids is 2. The number of allylic oxidation sites excluding steroid dienone is 4. The number of aryl methyl sites for hydroxylation is 1. The molecule has 260 valence electrons. The van der Waals surface area contributed by atoms with E-state index in [4.69, 9.17) is 0 Å². The number of anilines is 2. The molecule has 10 heteroatoms. The molecule has 1 fully saturated rings. The number of aliphatic hydroxyl groups is 2. The summed E-state index contributed by atoms with van der Waals surface area (Å²) in [6.07, 6.45) is 14.1. The van der Waals surface area contributed by atoms with Crippen LogP contribution in [-0.2, 0) is 21.7 Å². The van der Waals surface area contributed by atoms with Gasteiger partial charge in [-0.05, 0) is 83.2 Å². The van der Waals surface area contributed by atoms with E-state index in [2.05, 4.69) is 53.9 Å². The highest BCUT2D eigenvalue weighted by molar-refractivity contribution is 6.08. The van der Waals surface area contributed by atoms with Gasteiger partial charge in [0.05, 0.1) is 29.9 Å². The molecular formula is C39H50N6O4. The number of hydrogen-bond acceptors (Lipinski definition) is 7. The SMILES string of the molecule is CC(C)=CCC/C(C)=C/CN1C(=O)[C@](O)([C@H](C)/C=C/CCn2cc(C(CO)c3ccccc3)nn2)c2cc(NC(=O)[C@H]3CCCN3)ccc21. The molecule has 4 atom stereocenters. The number of nitrogens with one attached hydrogen (secondary N) is 2. The Balaban J connectivity index is 1.31. The average Bonchev–Trinajstić information content (AvgIpc) is 3.84. The van der Waals surface area contributed by atoms with Crippen molar-refractivity contribution < 1.29 is 19.8 Å². The van der Waals surface area contributed by atoms with Crippen LogP contribution in [0.25, 0.3) is 0 Å². The van der Waals surface area contributed by atoms with Crippen LogP contribution in [0, 0.1) is 5.92 Å². The first-order valence-corrected chi connectivity index (χ1v) is 17.4. The monoisotopic (exact) mass is 666 g/mol. The Labute approximate surface area is 289 Å². The molecular weight excluding hydrogens is 616 g/mol. The number of carbonyl (C=O) groups is 2. The van der Waals surface area contributed by atoms with Gasteiger partial charge in [0.15, 0.2) is 5.60 Å². The van der Waals surface area contributed by atoms with Gasteiger partial charge < -0.3 is 25.7 Å². The first-order chi connectivity index (χ1) is 23.6. The van der Waals surface area contributed by atoms with Gasteiger partial charge in [-0.15, -0.1) is 5.10 Å². The van der Waals surface area contributed by atoms with Gasteiger partial charge >= 0.3 is 0 Å². The molecule has 0 spiro atoms. The summed E-state index contributed by atoms with van der Waals surface area (Å²) in [6.45, 7) is 9.70. The van der Waals surface area contributed by atoms with Crippen molar-refractivity contribution in [2.24, 2.45) is 5.92 Å². The summed E-state index contributed by atoms with van der Waals surface area (Å²) in [4.78, 5) is 28.7. The lowest BCUT2D eigenvalue weighted by molar-refractivity contribution is -0.139. The molecule has 1 saturated heterocycles. The van der Waals surface area contributed by atoms with E-state index in [1.165, 1.54) is 11.1 Å². The number of benzene rings is 2. The number of rotatable bonds is 15. The molecule has 49 heavy (non-hydrogen) atoms. The molecule has 0 radical (unpaired) electrons. The second-order valence-electron chi connectivity index (χ2n) is 13.5. The van der Waals surface area contributed by atoms with Gasteiger partial charge in [0.1, 0.15) is 0 Å². The predicted octanol–water partition coefficient (Wildman–Crippen LogP) is 5.60. The van der Waals surface area contributed by atoms with E-state index >= 15 is 0 Å². The minimum absolute atomic E-state index is 0.0701. The van der Waals surface area contributed by atoms with Crippen molar-refractivity contribution in [3.05, 3.63) is 107 Å². The summed E-state index contributed by atoms with van der Waals surface area (Å²) in [5.41, 5.74) is 3.99. The average molecular weight is 667 g/mol. The van der Waals surface area contributed by atoms with Crippen molar-refractivity contribution in [1.29, 1.82) is 0 Å². The van der Waals surface area contributed by atoms with E-state index in [1.54, 1.807) is 21.7 Å². The lowest BCUT2D eigenvalue weighted by Crippen LogP contribution is -2.44. The third kappa shape index (κ3) is 8.44. The van der Waals surface area contributed by atoms with Crippen molar-refractivity contribution in [2.45, 2.75) is 83.9 Å². The van der Waals surface area contributed by atoms with E-state index in [9.17, 15) is 19.8 Å². The maximum Gasteiger partial charge on any atom is 0.264 e. The zero-order valence-electron chi connectivity index (χ0n) is 29.1. The van der Waals surface area contributed by atoms with Crippen molar-refractivity contribution >= 4 is 23.2 Å². The minimum atomic E-state index is -1.81. The molecule has 2 aromatic carbocycles. The van der Waals surface area contributed by atoms with E-state index in [1.807, 2.05) is 61.7 Å². The summed E-state index contributed by atoms with van der Waals surface area (Å²) in [5.74, 6) is -1.31. The molecule has 2 amide bonds. The number of hydrogen-bond donors (Lipinski definition) is 4. The van der Waals surface area contributed by atoms with Crippen molar-refractivity contribution in [2.75, 3.05) is 29.9 Å². The Morgan fingerprint density at radius 2 is 1.94 bits per heavy atom. The fraction of sp³-hybridized carbons (Fsp3) is 0.436. The van der Waals surface area contributed by atoms with Gasteiger partial charge in [-0.3, -0.25) is 14.3 Å². The van der Waals surface area contributed by atoms with Crippen LogP contribution in [0.4, 0.5) is 11.4 Å². The third-order valence-corrected chi connectivity index (χ3v) is 9.53. The predicted molar refractivity (Wildman–Crippen MR) is 193 cm³/mol. The van der Waals surface area contributed by atoms with Crippen LogP contribution < -0.4 is 15.5 Å². The molecule has 2 aliphatic heterocycles. The van der Waals surface area contributed by atoms with Crippen molar-refractivity contribution in [1.82, 2.24) is 20.3 Å². The van der Waals surface area contributed by atoms with Gasteiger partial charge in [0.25, 0.3) is 5.91 Å². The summed E-state index contributed by atoms with van der Waals surface area (Å²) >= 11 is 0.